The zero-order valence-corrected chi connectivity index (χ0v) is 19.3. The summed E-state index contributed by atoms with van der Waals surface area (Å²) in [4.78, 5) is 28.2. The lowest BCUT2D eigenvalue weighted by atomic mass is 10.0. The average molecular weight is 409 g/mol. The fraction of sp³-hybridized carbons (Fsp3) is 0.462. The fourth-order valence-corrected chi connectivity index (χ4v) is 3.82. The van der Waals surface area contributed by atoms with Gasteiger partial charge in [-0.2, -0.15) is 0 Å². The highest BCUT2D eigenvalue weighted by Crippen LogP contribution is 2.17. The van der Waals surface area contributed by atoms with E-state index in [1.165, 1.54) is 0 Å². The Morgan fingerprint density at radius 3 is 2.10 bits per heavy atom. The maximum Gasteiger partial charge on any atom is 0.243 e. The van der Waals surface area contributed by atoms with Crippen LogP contribution in [0, 0.1) is 20.8 Å². The number of amides is 2. The lowest BCUT2D eigenvalue weighted by Crippen LogP contribution is -2.51. The molecule has 0 saturated carbocycles. The molecule has 0 saturated heterocycles. The average Bonchev–Trinajstić information content (AvgIpc) is 2.66. The molecule has 4 heteroatoms. The summed E-state index contributed by atoms with van der Waals surface area (Å²) in [5.41, 5.74) is 5.46. The van der Waals surface area contributed by atoms with Crippen molar-refractivity contribution in [3.63, 3.8) is 0 Å². The van der Waals surface area contributed by atoms with Gasteiger partial charge in [0.2, 0.25) is 11.8 Å². The van der Waals surface area contributed by atoms with Crippen molar-refractivity contribution in [1.82, 2.24) is 10.2 Å². The minimum absolute atomic E-state index is 0.0207. The highest BCUT2D eigenvalue weighted by atomic mass is 16.2. The van der Waals surface area contributed by atoms with Gasteiger partial charge < -0.3 is 10.2 Å². The second-order valence-corrected chi connectivity index (χ2v) is 8.43. The number of aryl methyl sites for hydroxylation is 3. The Balaban J connectivity index is 2.32. The molecule has 2 aromatic rings. The molecule has 2 atom stereocenters. The predicted octanol–water partition coefficient (Wildman–Crippen LogP) is 4.88. The van der Waals surface area contributed by atoms with Crippen molar-refractivity contribution < 1.29 is 9.59 Å². The molecule has 0 heterocycles. The van der Waals surface area contributed by atoms with Gasteiger partial charge >= 0.3 is 0 Å². The third-order valence-corrected chi connectivity index (χ3v) is 5.46. The molecule has 0 aromatic heterocycles. The highest BCUT2D eigenvalue weighted by molar-refractivity contribution is 5.88. The molecule has 0 aliphatic carbocycles. The van der Waals surface area contributed by atoms with E-state index in [1.54, 1.807) is 4.90 Å². The van der Waals surface area contributed by atoms with Crippen molar-refractivity contribution in [2.24, 2.45) is 0 Å². The summed E-state index contributed by atoms with van der Waals surface area (Å²) in [6, 6.07) is 13.9. The Morgan fingerprint density at radius 1 is 0.900 bits per heavy atom. The van der Waals surface area contributed by atoms with Crippen molar-refractivity contribution in [2.45, 2.75) is 79.4 Å². The molecular weight excluding hydrogens is 372 g/mol. The second-order valence-electron chi connectivity index (χ2n) is 8.43. The summed E-state index contributed by atoms with van der Waals surface area (Å²) < 4.78 is 0. The van der Waals surface area contributed by atoms with Crippen LogP contribution >= 0.6 is 0 Å². The zero-order chi connectivity index (χ0) is 22.3. The number of hydrogen-bond acceptors (Lipinski definition) is 2. The lowest BCUT2D eigenvalue weighted by Gasteiger charge is -2.31. The molecule has 2 amide bonds. The van der Waals surface area contributed by atoms with Gasteiger partial charge in [0.15, 0.2) is 0 Å². The van der Waals surface area contributed by atoms with E-state index in [0.29, 0.717) is 19.4 Å². The Labute approximate surface area is 181 Å². The van der Waals surface area contributed by atoms with E-state index in [4.69, 9.17) is 0 Å². The second kappa shape index (κ2) is 11.0. The van der Waals surface area contributed by atoms with E-state index in [9.17, 15) is 9.59 Å². The van der Waals surface area contributed by atoms with E-state index >= 15 is 0 Å². The number of carbonyl (C=O) groups excluding carboxylic acids is 2. The van der Waals surface area contributed by atoms with E-state index in [0.717, 1.165) is 34.2 Å². The molecule has 0 spiro atoms. The molecule has 0 radical (unpaired) electrons. The highest BCUT2D eigenvalue weighted by Gasteiger charge is 2.29. The predicted molar refractivity (Wildman–Crippen MR) is 123 cm³/mol. The standard InChI is InChI=1S/C26H36N2O2/c1-7-21(6)27-26(30)24(8-2)28(17-22-11-9-10-18(3)13-22)25(29)16-23-14-19(4)12-20(5)15-23/h9-15,21,24H,7-8,16-17H2,1-6H3,(H,27,30). The molecule has 162 valence electrons. The number of nitrogens with one attached hydrogen (secondary N) is 1. The Morgan fingerprint density at radius 2 is 1.53 bits per heavy atom. The van der Waals surface area contributed by atoms with Crippen molar-refractivity contribution in [2.75, 3.05) is 0 Å². The molecule has 4 nitrogen and oxygen atoms in total. The third kappa shape index (κ3) is 6.72. The van der Waals surface area contributed by atoms with E-state index in [2.05, 4.69) is 29.6 Å². The van der Waals surface area contributed by atoms with Crippen molar-refractivity contribution >= 4 is 11.8 Å². The van der Waals surface area contributed by atoms with Crippen LogP contribution in [0.3, 0.4) is 0 Å². The molecule has 0 aliphatic rings. The normalized spacial score (nSPS) is 12.9. The minimum Gasteiger partial charge on any atom is -0.352 e. The van der Waals surface area contributed by atoms with Crippen LogP contribution in [-0.4, -0.2) is 28.8 Å². The van der Waals surface area contributed by atoms with Crippen molar-refractivity contribution in [1.29, 1.82) is 0 Å². The number of hydrogen-bond donors (Lipinski definition) is 1. The van der Waals surface area contributed by atoms with Gasteiger partial charge in [-0.25, -0.2) is 0 Å². The number of nitrogens with zero attached hydrogens (tertiary/aromatic N) is 1. The van der Waals surface area contributed by atoms with Crippen LogP contribution in [0.1, 0.15) is 61.4 Å². The molecule has 2 unspecified atom stereocenters. The van der Waals surface area contributed by atoms with Crippen molar-refractivity contribution in [3.05, 3.63) is 70.3 Å². The van der Waals surface area contributed by atoms with Crippen LogP contribution in [-0.2, 0) is 22.6 Å². The van der Waals surface area contributed by atoms with Gasteiger partial charge in [-0.05, 0) is 51.7 Å². The van der Waals surface area contributed by atoms with Crippen LogP contribution in [0.4, 0.5) is 0 Å². The molecule has 1 N–H and O–H groups in total. The molecule has 30 heavy (non-hydrogen) atoms. The molecule has 2 rings (SSSR count). The number of rotatable bonds is 9. The summed E-state index contributed by atoms with van der Waals surface area (Å²) in [5.74, 6) is -0.0964. The minimum atomic E-state index is -0.488. The topological polar surface area (TPSA) is 49.4 Å². The first kappa shape index (κ1) is 23.7. The largest absolute Gasteiger partial charge is 0.352 e. The molecule has 0 aliphatic heterocycles. The molecule has 0 fully saturated rings. The fourth-order valence-electron chi connectivity index (χ4n) is 3.82. The van der Waals surface area contributed by atoms with Gasteiger partial charge in [-0.1, -0.05) is 73.0 Å². The molecular formula is C26H36N2O2. The van der Waals surface area contributed by atoms with Crippen LogP contribution in [0.5, 0.6) is 0 Å². The van der Waals surface area contributed by atoms with Gasteiger partial charge in [-0.3, -0.25) is 9.59 Å². The Kier molecular flexibility index (Phi) is 8.64. The maximum atomic E-state index is 13.4. The van der Waals surface area contributed by atoms with Crippen LogP contribution < -0.4 is 5.32 Å². The zero-order valence-electron chi connectivity index (χ0n) is 19.3. The van der Waals surface area contributed by atoms with Gasteiger partial charge in [0, 0.05) is 12.6 Å². The molecule has 0 bridgehead atoms. The van der Waals surface area contributed by atoms with Crippen LogP contribution in [0.2, 0.25) is 0 Å². The monoisotopic (exact) mass is 408 g/mol. The van der Waals surface area contributed by atoms with Gasteiger partial charge in [0.25, 0.3) is 0 Å². The number of carbonyl (C=O) groups is 2. The van der Waals surface area contributed by atoms with Gasteiger partial charge in [0.1, 0.15) is 6.04 Å². The molecule has 2 aromatic carbocycles. The van der Waals surface area contributed by atoms with E-state index < -0.39 is 6.04 Å². The van der Waals surface area contributed by atoms with Gasteiger partial charge in [0.05, 0.1) is 6.42 Å². The summed E-state index contributed by atoms with van der Waals surface area (Å²) in [7, 11) is 0. The first-order chi connectivity index (χ1) is 14.2. The first-order valence-electron chi connectivity index (χ1n) is 11.0. The summed E-state index contributed by atoms with van der Waals surface area (Å²) in [6.45, 7) is 12.6. The quantitative estimate of drug-likeness (QED) is 0.643. The lowest BCUT2D eigenvalue weighted by molar-refractivity contribution is -0.141. The van der Waals surface area contributed by atoms with E-state index in [-0.39, 0.29) is 17.9 Å². The third-order valence-electron chi connectivity index (χ3n) is 5.46. The summed E-state index contributed by atoms with van der Waals surface area (Å²) in [5, 5.41) is 3.06. The van der Waals surface area contributed by atoms with Crippen LogP contribution in [0.15, 0.2) is 42.5 Å². The first-order valence-corrected chi connectivity index (χ1v) is 11.0. The summed E-state index contributed by atoms with van der Waals surface area (Å²) in [6.07, 6.45) is 1.73. The smallest absolute Gasteiger partial charge is 0.243 e. The Bertz CT molecular complexity index is 855. The SMILES string of the molecule is CCC(C)NC(=O)C(CC)N(Cc1cccc(C)c1)C(=O)Cc1cc(C)cc(C)c1. The van der Waals surface area contributed by atoms with Gasteiger partial charge in [-0.15, -0.1) is 0 Å². The summed E-state index contributed by atoms with van der Waals surface area (Å²) >= 11 is 0. The number of benzene rings is 2. The van der Waals surface area contributed by atoms with E-state index in [1.807, 2.05) is 59.7 Å². The van der Waals surface area contributed by atoms with Crippen LogP contribution in [0.25, 0.3) is 0 Å². The maximum absolute atomic E-state index is 13.4. The Hall–Kier alpha value is -2.62. The van der Waals surface area contributed by atoms with Crippen molar-refractivity contribution in [3.8, 4) is 0 Å².